The van der Waals surface area contributed by atoms with Gasteiger partial charge in [0.15, 0.2) is 0 Å². The Morgan fingerprint density at radius 2 is 1.67 bits per heavy atom. The van der Waals surface area contributed by atoms with Gasteiger partial charge in [-0.2, -0.15) is 13.2 Å². The number of benzene rings is 2. The zero-order valence-corrected chi connectivity index (χ0v) is 37.1. The molecular formula is C45H62F3N5O7S. The first kappa shape index (κ1) is 49.3. The lowest BCUT2D eigenvalue weighted by Gasteiger charge is -2.40. The van der Waals surface area contributed by atoms with Gasteiger partial charge < -0.3 is 30.1 Å². The molecule has 1 aromatic heterocycles. The number of ether oxygens (including phenoxy) is 2. The van der Waals surface area contributed by atoms with Gasteiger partial charge in [0.25, 0.3) is 5.91 Å². The zero-order valence-electron chi connectivity index (χ0n) is 36.2. The zero-order chi connectivity index (χ0) is 44.9. The minimum absolute atomic E-state index is 0.0233. The third kappa shape index (κ3) is 14.3. The van der Waals surface area contributed by atoms with Crippen molar-refractivity contribution in [2.75, 3.05) is 27.5 Å². The number of carbonyl (C=O) groups is 4. The molecule has 12 nitrogen and oxygen atoms in total. The molecule has 61 heavy (non-hydrogen) atoms. The molecule has 2 heterocycles. The summed E-state index contributed by atoms with van der Waals surface area (Å²) in [5.74, 6) is -3.13. The fraction of sp³-hybridized carbons (Fsp3) is 0.578. The summed E-state index contributed by atoms with van der Waals surface area (Å²) >= 11 is 1.19. The molecule has 3 N–H and O–H groups in total. The van der Waals surface area contributed by atoms with Crippen LogP contribution in [0, 0.1) is 17.8 Å². The van der Waals surface area contributed by atoms with E-state index in [1.165, 1.54) is 37.5 Å². The predicted octanol–water partition coefficient (Wildman–Crippen LogP) is 7.73. The monoisotopic (exact) mass is 873 g/mol. The number of carboxylic acid groups (broad SMARTS) is 1. The summed E-state index contributed by atoms with van der Waals surface area (Å²) in [5, 5.41) is 17.7. The number of nitrogens with one attached hydrogen (secondary N) is 2. The number of alkyl halides is 3. The van der Waals surface area contributed by atoms with E-state index >= 15 is 4.79 Å². The highest BCUT2D eigenvalue weighted by Gasteiger charge is 2.39. The molecule has 0 saturated carbocycles. The second kappa shape index (κ2) is 23.2. The first-order valence-electron chi connectivity index (χ1n) is 21.0. The lowest BCUT2D eigenvalue weighted by atomic mass is 9.91. The largest absolute Gasteiger partial charge is 0.481 e. The first-order chi connectivity index (χ1) is 28.9. The molecule has 0 spiro atoms. The molecule has 3 amide bonds. The second-order valence-corrected chi connectivity index (χ2v) is 17.4. The number of carboxylic acids is 1. The molecule has 16 heteroatoms. The summed E-state index contributed by atoms with van der Waals surface area (Å²) < 4.78 is 51.2. The molecule has 1 aliphatic heterocycles. The number of halogens is 3. The van der Waals surface area contributed by atoms with Crippen molar-refractivity contribution in [3.8, 4) is 0 Å². The molecule has 2 aromatic carbocycles. The number of hydrogen-bond donors (Lipinski definition) is 3. The van der Waals surface area contributed by atoms with Crippen LogP contribution in [0.5, 0.6) is 0 Å². The fourth-order valence-corrected chi connectivity index (χ4v) is 8.52. The maximum Gasteiger partial charge on any atom is 0.416 e. The Bertz CT molecular complexity index is 1860. The molecule has 1 aliphatic rings. The van der Waals surface area contributed by atoms with Crippen molar-refractivity contribution in [3.05, 3.63) is 87.4 Å². The topological polar surface area (TPSA) is 150 Å². The Kier molecular flexibility index (Phi) is 18.7. The average Bonchev–Trinajstić information content (AvgIpc) is 3.72. The van der Waals surface area contributed by atoms with Gasteiger partial charge in [-0.05, 0) is 74.4 Å². The van der Waals surface area contributed by atoms with Gasteiger partial charge in [0, 0.05) is 37.5 Å². The Morgan fingerprint density at radius 3 is 2.26 bits per heavy atom. The molecule has 336 valence electrons. The summed E-state index contributed by atoms with van der Waals surface area (Å²) in [6.07, 6.45) is -1.51. The van der Waals surface area contributed by atoms with Gasteiger partial charge in [-0.1, -0.05) is 89.9 Å². The number of methoxy groups -OCH3 is 1. The lowest BCUT2D eigenvalue weighted by Crippen LogP contribution is -2.58. The Balaban J connectivity index is 1.63. The van der Waals surface area contributed by atoms with Crippen molar-refractivity contribution >= 4 is 35.0 Å². The Labute approximate surface area is 361 Å². The van der Waals surface area contributed by atoms with Crippen molar-refractivity contribution in [1.29, 1.82) is 0 Å². The normalized spacial score (nSPS) is 17.8. The summed E-state index contributed by atoms with van der Waals surface area (Å²) in [5.41, 5.74) is 0.645. The van der Waals surface area contributed by atoms with E-state index < -0.39 is 53.8 Å². The van der Waals surface area contributed by atoms with E-state index in [4.69, 9.17) is 9.47 Å². The van der Waals surface area contributed by atoms with Crippen molar-refractivity contribution < 1.29 is 46.9 Å². The maximum absolute atomic E-state index is 15.0. The fourth-order valence-electron chi connectivity index (χ4n) is 7.66. The molecule has 1 fully saturated rings. The highest BCUT2D eigenvalue weighted by Crippen LogP contribution is 2.33. The third-order valence-corrected chi connectivity index (χ3v) is 12.5. The van der Waals surface area contributed by atoms with Crippen LogP contribution in [0.25, 0.3) is 0 Å². The van der Waals surface area contributed by atoms with Gasteiger partial charge >= 0.3 is 12.1 Å². The number of rotatable bonds is 22. The van der Waals surface area contributed by atoms with Crippen LogP contribution in [0.1, 0.15) is 111 Å². The van der Waals surface area contributed by atoms with Crippen molar-refractivity contribution in [3.63, 3.8) is 0 Å². The van der Waals surface area contributed by atoms with Gasteiger partial charge in [-0.3, -0.25) is 24.1 Å². The van der Waals surface area contributed by atoms with E-state index in [2.05, 4.69) is 15.6 Å². The molecule has 0 aliphatic carbocycles. The number of likely N-dealkylation sites (tertiary alicyclic amines) is 1. The average molecular weight is 874 g/mol. The highest BCUT2D eigenvalue weighted by molar-refractivity contribution is 7.09. The van der Waals surface area contributed by atoms with Crippen LogP contribution in [0.3, 0.4) is 0 Å². The molecule has 7 atom stereocenters. The molecule has 0 bridgehead atoms. The van der Waals surface area contributed by atoms with Gasteiger partial charge in [0.1, 0.15) is 29.6 Å². The van der Waals surface area contributed by atoms with Gasteiger partial charge in [0.05, 0.1) is 17.5 Å². The Hall–Kier alpha value is -4.38. The minimum atomic E-state index is -4.51. The number of piperidine rings is 1. The van der Waals surface area contributed by atoms with E-state index in [1.807, 2.05) is 74.9 Å². The van der Waals surface area contributed by atoms with E-state index in [-0.39, 0.29) is 68.0 Å². The van der Waals surface area contributed by atoms with Crippen LogP contribution in [0.15, 0.2) is 60.0 Å². The number of nitrogens with zero attached hydrogens (tertiary/aromatic N) is 3. The standard InChI is InChI=1S/C45H62F3N5O7S/c1-8-29(4)39(51-41(55)36-16-12-13-21-52(36)6)43(56)53(25-32-14-10-9-11-15-32)37(28(2)3)24-38(60-27-59-7)42-50-35(26-61-42)40(54)49-34(22-30(5)44(57)58)23-31-17-19-33(20-18-31)45(46,47)48/h9-11,14-15,17-20,26,28-30,34,36-39H,8,12-13,16,21-25,27H2,1-7H3,(H,49,54)(H,51,55)(H,57,58)/t29-,30-,34+,36+,37+,38+,39-/m0/s1. The van der Waals surface area contributed by atoms with Crippen LogP contribution in [0.4, 0.5) is 13.2 Å². The van der Waals surface area contributed by atoms with Crippen LogP contribution in [-0.2, 0) is 43.0 Å². The van der Waals surface area contributed by atoms with Crippen molar-refractivity contribution in [2.45, 2.75) is 123 Å². The summed E-state index contributed by atoms with van der Waals surface area (Å²) in [6, 6.07) is 11.9. The predicted molar refractivity (Wildman–Crippen MR) is 228 cm³/mol. The minimum Gasteiger partial charge on any atom is -0.481 e. The molecule has 0 radical (unpaired) electrons. The lowest BCUT2D eigenvalue weighted by molar-refractivity contribution is -0.144. The van der Waals surface area contributed by atoms with E-state index in [0.717, 1.165) is 43.5 Å². The van der Waals surface area contributed by atoms with Crippen LogP contribution >= 0.6 is 11.3 Å². The SMILES string of the molecule is CC[C@H](C)[C@H](NC(=O)[C@H]1CCCCN1C)C(=O)N(Cc1ccccc1)[C@H](C[C@@H](OCOC)c1nc(C(=O)N[C@@H](Cc2ccc(C(F)(F)F)cc2)C[C@H](C)C(=O)O)cs1)C(C)C. The third-order valence-electron chi connectivity index (χ3n) is 11.5. The smallest absolute Gasteiger partial charge is 0.416 e. The summed E-state index contributed by atoms with van der Waals surface area (Å²) in [4.78, 5) is 62.9. The number of likely N-dealkylation sites (N-methyl/N-ethyl adjacent to an activating group) is 1. The first-order valence-corrected chi connectivity index (χ1v) is 21.9. The van der Waals surface area contributed by atoms with Crippen molar-refractivity contribution in [2.24, 2.45) is 17.8 Å². The number of thiazole rings is 1. The summed E-state index contributed by atoms with van der Waals surface area (Å²) in [6.45, 7) is 10.5. The quantitative estimate of drug-likeness (QED) is 0.0863. The van der Waals surface area contributed by atoms with E-state index in [0.29, 0.717) is 17.0 Å². The highest BCUT2D eigenvalue weighted by atomic mass is 32.1. The van der Waals surface area contributed by atoms with Gasteiger partial charge in [-0.25, -0.2) is 4.98 Å². The van der Waals surface area contributed by atoms with Crippen LogP contribution in [-0.4, -0.2) is 95.2 Å². The maximum atomic E-state index is 15.0. The van der Waals surface area contributed by atoms with Crippen molar-refractivity contribution in [1.82, 2.24) is 25.4 Å². The summed E-state index contributed by atoms with van der Waals surface area (Å²) in [7, 11) is 3.43. The van der Waals surface area contributed by atoms with E-state index in [1.54, 1.807) is 5.38 Å². The molecular weight excluding hydrogens is 812 g/mol. The van der Waals surface area contributed by atoms with Gasteiger partial charge in [-0.15, -0.1) is 11.3 Å². The number of aromatic nitrogens is 1. The number of hydrogen-bond acceptors (Lipinski definition) is 9. The number of aliphatic carboxylic acids is 1. The number of carbonyl (C=O) groups excluding carboxylic acids is 3. The van der Waals surface area contributed by atoms with Crippen LogP contribution in [0.2, 0.25) is 0 Å². The Morgan fingerprint density at radius 1 is 0.984 bits per heavy atom. The molecule has 4 rings (SSSR count). The van der Waals surface area contributed by atoms with Crippen LogP contribution < -0.4 is 10.6 Å². The second-order valence-electron chi connectivity index (χ2n) is 16.5. The van der Waals surface area contributed by atoms with Gasteiger partial charge in [0.2, 0.25) is 11.8 Å². The molecule has 0 unspecified atom stereocenters. The van der Waals surface area contributed by atoms with E-state index in [9.17, 15) is 32.7 Å². The number of amides is 3. The molecule has 1 saturated heterocycles. The molecule has 3 aromatic rings.